The van der Waals surface area contributed by atoms with Gasteiger partial charge in [0.2, 0.25) is 0 Å². The first-order valence-corrected chi connectivity index (χ1v) is 8.14. The number of benzene rings is 1. The molecule has 0 radical (unpaired) electrons. The number of nitrogens with one attached hydrogen (secondary N) is 2. The Bertz CT molecular complexity index is 590. The molecule has 0 bridgehead atoms. The van der Waals surface area contributed by atoms with Gasteiger partial charge in [0, 0.05) is 13.1 Å². The molecule has 124 valence electrons. The number of urea groups is 1. The highest BCUT2D eigenvalue weighted by molar-refractivity contribution is 7.07. The maximum Gasteiger partial charge on any atom is 0.315 e. The largest absolute Gasteiger partial charge is 0.394 e. The minimum atomic E-state index is -0.331. The van der Waals surface area contributed by atoms with Crippen molar-refractivity contribution in [3.05, 3.63) is 58.0 Å². The zero-order chi connectivity index (χ0) is 16.5. The fourth-order valence-electron chi connectivity index (χ4n) is 1.96. The third kappa shape index (κ3) is 5.97. The molecule has 0 aliphatic carbocycles. The van der Waals surface area contributed by atoms with Crippen LogP contribution in [0.2, 0.25) is 0 Å². The summed E-state index contributed by atoms with van der Waals surface area (Å²) in [6.45, 7) is 0.746. The van der Waals surface area contributed by atoms with Crippen molar-refractivity contribution in [1.29, 1.82) is 0 Å². The molecule has 0 spiro atoms. The summed E-state index contributed by atoms with van der Waals surface area (Å²) in [6, 6.07) is 7.53. The predicted molar refractivity (Wildman–Crippen MR) is 86.7 cm³/mol. The number of carbonyl (C=O) groups is 1. The molecule has 2 amide bonds. The van der Waals surface area contributed by atoms with E-state index in [2.05, 4.69) is 10.6 Å². The predicted octanol–water partition coefficient (Wildman–Crippen LogP) is 2.44. The van der Waals surface area contributed by atoms with Crippen molar-refractivity contribution in [3.8, 4) is 0 Å². The van der Waals surface area contributed by atoms with Gasteiger partial charge in [-0.05, 0) is 40.1 Å². The van der Waals surface area contributed by atoms with E-state index in [0.29, 0.717) is 13.1 Å². The van der Waals surface area contributed by atoms with E-state index in [1.165, 1.54) is 12.1 Å². The normalized spacial score (nSPS) is 11.9. The van der Waals surface area contributed by atoms with Crippen molar-refractivity contribution in [2.75, 3.05) is 19.8 Å². The third-order valence-electron chi connectivity index (χ3n) is 3.14. The third-order valence-corrected chi connectivity index (χ3v) is 3.84. The van der Waals surface area contributed by atoms with Crippen molar-refractivity contribution in [2.24, 2.45) is 0 Å². The Labute approximate surface area is 138 Å². The van der Waals surface area contributed by atoms with Crippen LogP contribution in [0.4, 0.5) is 9.18 Å². The number of carbonyl (C=O) groups excluding carboxylic acids is 1. The van der Waals surface area contributed by atoms with Crippen LogP contribution in [0.1, 0.15) is 17.2 Å². The summed E-state index contributed by atoms with van der Waals surface area (Å²) >= 11 is 1.54. The van der Waals surface area contributed by atoms with Crippen LogP contribution in [0, 0.1) is 5.82 Å². The molecule has 1 atom stereocenters. The second-order valence-electron chi connectivity index (χ2n) is 4.83. The van der Waals surface area contributed by atoms with E-state index in [1.807, 2.05) is 16.8 Å². The van der Waals surface area contributed by atoms with Crippen molar-refractivity contribution in [3.63, 3.8) is 0 Å². The van der Waals surface area contributed by atoms with Gasteiger partial charge in [-0.1, -0.05) is 12.1 Å². The summed E-state index contributed by atoms with van der Waals surface area (Å²) in [4.78, 5) is 11.8. The first-order valence-electron chi connectivity index (χ1n) is 7.19. The van der Waals surface area contributed by atoms with Gasteiger partial charge in [0.25, 0.3) is 0 Å². The number of halogens is 1. The van der Waals surface area contributed by atoms with Crippen molar-refractivity contribution < 1.29 is 19.0 Å². The smallest absolute Gasteiger partial charge is 0.315 e. The first kappa shape index (κ1) is 17.4. The fourth-order valence-corrected chi connectivity index (χ4v) is 2.66. The molecule has 1 aromatic carbocycles. The maximum atomic E-state index is 12.8. The molecule has 0 fully saturated rings. The van der Waals surface area contributed by atoms with E-state index in [-0.39, 0.29) is 31.2 Å². The zero-order valence-electron chi connectivity index (χ0n) is 12.5. The number of amides is 2. The first-order chi connectivity index (χ1) is 11.2. The van der Waals surface area contributed by atoms with Gasteiger partial charge >= 0.3 is 6.03 Å². The fraction of sp³-hybridized carbons (Fsp3) is 0.312. The Hall–Kier alpha value is -1.96. The minimum Gasteiger partial charge on any atom is -0.394 e. The summed E-state index contributed by atoms with van der Waals surface area (Å²) in [5.41, 5.74) is 1.77. The number of hydrogen-bond donors (Lipinski definition) is 3. The molecule has 5 nitrogen and oxygen atoms in total. The molecule has 2 aromatic rings. The van der Waals surface area contributed by atoms with E-state index in [1.54, 1.807) is 23.5 Å². The van der Waals surface area contributed by atoms with Crippen LogP contribution in [0.3, 0.4) is 0 Å². The van der Waals surface area contributed by atoms with Gasteiger partial charge in [0.05, 0.1) is 13.2 Å². The second kappa shape index (κ2) is 9.24. The molecule has 0 aliphatic rings. The molecule has 1 unspecified atom stereocenters. The van der Waals surface area contributed by atoms with E-state index in [9.17, 15) is 9.18 Å². The lowest BCUT2D eigenvalue weighted by Crippen LogP contribution is -2.38. The zero-order valence-corrected chi connectivity index (χ0v) is 13.3. The van der Waals surface area contributed by atoms with Gasteiger partial charge in [-0.2, -0.15) is 11.3 Å². The van der Waals surface area contributed by atoms with Crippen molar-refractivity contribution >= 4 is 17.4 Å². The summed E-state index contributed by atoms with van der Waals surface area (Å²) < 4.78 is 18.3. The topological polar surface area (TPSA) is 70.6 Å². The number of ether oxygens (including phenoxy) is 1. The second-order valence-corrected chi connectivity index (χ2v) is 5.61. The average Bonchev–Trinajstić information content (AvgIpc) is 3.09. The maximum absolute atomic E-state index is 12.8. The molecule has 0 aliphatic heterocycles. The monoisotopic (exact) mass is 338 g/mol. The summed E-state index contributed by atoms with van der Waals surface area (Å²) in [5.74, 6) is -0.308. The number of rotatable bonds is 8. The summed E-state index contributed by atoms with van der Waals surface area (Å²) in [6.07, 6.45) is -0.301. The van der Waals surface area contributed by atoms with Crippen LogP contribution < -0.4 is 10.6 Å². The quantitative estimate of drug-likeness (QED) is 0.692. The lowest BCUT2D eigenvalue weighted by atomic mass is 10.2. The van der Waals surface area contributed by atoms with Gasteiger partial charge < -0.3 is 20.5 Å². The highest BCUT2D eigenvalue weighted by Gasteiger charge is 2.13. The van der Waals surface area contributed by atoms with Crippen molar-refractivity contribution in [2.45, 2.75) is 12.6 Å². The van der Waals surface area contributed by atoms with E-state index < -0.39 is 0 Å². The molecule has 23 heavy (non-hydrogen) atoms. The molecule has 0 saturated carbocycles. The number of hydrogen-bond acceptors (Lipinski definition) is 4. The lowest BCUT2D eigenvalue weighted by Gasteiger charge is -2.17. The minimum absolute atomic E-state index is 0.0720. The van der Waals surface area contributed by atoms with Gasteiger partial charge in [-0.15, -0.1) is 0 Å². The molecular formula is C16H19FN2O3S. The Kier molecular flexibility index (Phi) is 6.99. The average molecular weight is 338 g/mol. The van der Waals surface area contributed by atoms with Gasteiger partial charge in [-0.25, -0.2) is 9.18 Å². The Morgan fingerprint density at radius 3 is 2.70 bits per heavy atom. The van der Waals surface area contributed by atoms with E-state index in [4.69, 9.17) is 9.84 Å². The summed E-state index contributed by atoms with van der Waals surface area (Å²) in [5, 5.41) is 18.2. The van der Waals surface area contributed by atoms with Crippen LogP contribution in [-0.4, -0.2) is 30.9 Å². The van der Waals surface area contributed by atoms with Gasteiger partial charge in [0.15, 0.2) is 0 Å². The van der Waals surface area contributed by atoms with Crippen molar-refractivity contribution in [1.82, 2.24) is 10.6 Å². The number of aliphatic hydroxyl groups is 1. The molecule has 2 rings (SSSR count). The van der Waals surface area contributed by atoms with Crippen LogP contribution in [0.15, 0.2) is 41.1 Å². The van der Waals surface area contributed by atoms with Crippen LogP contribution in [0.25, 0.3) is 0 Å². The standard InChI is InChI=1S/C16H19FN2O3S/c17-14-3-1-12(2-4-14)9-18-16(21)19-10-15(22-7-6-20)13-5-8-23-11-13/h1-5,8,11,15,20H,6-7,9-10H2,(H2,18,19,21). The highest BCUT2D eigenvalue weighted by atomic mass is 32.1. The number of aliphatic hydroxyl groups excluding tert-OH is 1. The van der Waals surface area contributed by atoms with Crippen LogP contribution >= 0.6 is 11.3 Å². The highest BCUT2D eigenvalue weighted by Crippen LogP contribution is 2.19. The Morgan fingerprint density at radius 2 is 2.04 bits per heavy atom. The number of thiophene rings is 1. The Balaban J connectivity index is 1.78. The summed E-state index contributed by atoms with van der Waals surface area (Å²) in [7, 11) is 0. The van der Waals surface area contributed by atoms with E-state index in [0.717, 1.165) is 11.1 Å². The Morgan fingerprint density at radius 1 is 1.26 bits per heavy atom. The molecule has 0 saturated heterocycles. The van der Waals surface area contributed by atoms with Gasteiger partial charge in [-0.3, -0.25) is 0 Å². The van der Waals surface area contributed by atoms with Crippen LogP contribution in [0.5, 0.6) is 0 Å². The molecule has 3 N–H and O–H groups in total. The molecule has 7 heteroatoms. The van der Waals surface area contributed by atoms with E-state index >= 15 is 0 Å². The molecular weight excluding hydrogens is 319 g/mol. The molecule has 1 heterocycles. The van der Waals surface area contributed by atoms with Gasteiger partial charge in [0.1, 0.15) is 11.9 Å². The van der Waals surface area contributed by atoms with Crippen LogP contribution in [-0.2, 0) is 11.3 Å². The molecule has 1 aromatic heterocycles. The lowest BCUT2D eigenvalue weighted by molar-refractivity contribution is 0.0297. The SMILES string of the molecule is O=C(NCc1ccc(F)cc1)NCC(OCCO)c1ccsc1.